The van der Waals surface area contributed by atoms with Crippen molar-refractivity contribution in [2.75, 3.05) is 24.5 Å². The van der Waals surface area contributed by atoms with Gasteiger partial charge in [0.15, 0.2) is 6.54 Å². The molecule has 1 saturated heterocycles. The number of benzene rings is 2. The summed E-state index contributed by atoms with van der Waals surface area (Å²) in [4.78, 5) is 29.8. The normalized spacial score (nSPS) is 21.3. The summed E-state index contributed by atoms with van der Waals surface area (Å²) >= 11 is 7.86. The number of quaternary nitrogens is 1. The molecule has 0 spiro atoms. The van der Waals surface area contributed by atoms with E-state index >= 15 is 0 Å². The summed E-state index contributed by atoms with van der Waals surface area (Å²) < 4.78 is 0. The van der Waals surface area contributed by atoms with Crippen molar-refractivity contribution >= 4 is 46.6 Å². The Morgan fingerprint density at radius 1 is 1.19 bits per heavy atom. The lowest BCUT2D eigenvalue weighted by molar-refractivity contribution is -0.899. The summed E-state index contributed by atoms with van der Waals surface area (Å²) in [5.41, 5.74) is 7.18. The molecular formula is C20H21ClN3O2S+. The van der Waals surface area contributed by atoms with Crippen LogP contribution in [0.15, 0.2) is 52.3 Å². The number of carbonyl (C=O) groups is 2. The number of anilines is 2. The third-order valence-electron chi connectivity index (χ3n) is 5.16. The molecule has 2 aliphatic heterocycles. The molecule has 140 valence electrons. The second kappa shape index (κ2) is 7.54. The number of amides is 2. The lowest BCUT2D eigenvalue weighted by Crippen LogP contribution is -3.15. The van der Waals surface area contributed by atoms with E-state index in [1.807, 2.05) is 42.5 Å². The van der Waals surface area contributed by atoms with Gasteiger partial charge in [0, 0.05) is 14.8 Å². The molecule has 2 atom stereocenters. The lowest BCUT2D eigenvalue weighted by Gasteiger charge is -2.33. The van der Waals surface area contributed by atoms with Crippen LogP contribution in [0.1, 0.15) is 12.8 Å². The first-order valence-electron chi connectivity index (χ1n) is 9.05. The molecule has 3 N–H and O–H groups in total. The summed E-state index contributed by atoms with van der Waals surface area (Å²) in [6, 6.07) is 13.5. The number of nitrogens with zero attached hydrogens (tertiary/aromatic N) is 1. The molecule has 0 aromatic heterocycles. The number of nitrogens with one attached hydrogen (secondary N) is 1. The van der Waals surface area contributed by atoms with Crippen molar-refractivity contribution in [1.82, 2.24) is 0 Å². The molecule has 5 nitrogen and oxygen atoms in total. The number of hydrogen-bond donors (Lipinski definition) is 2. The predicted octanol–water partition coefficient (Wildman–Crippen LogP) is 2.25. The number of hydrogen-bond acceptors (Lipinski definition) is 3. The Labute approximate surface area is 167 Å². The molecule has 2 heterocycles. The smallest absolute Gasteiger partial charge is 0.286 e. The number of para-hydroxylation sites is 1. The Hall–Kier alpha value is -2.02. The maximum absolute atomic E-state index is 13.3. The number of nitrogens with two attached hydrogens (primary N) is 1. The number of carbonyl (C=O) groups excluding carboxylic acids is 2. The molecule has 27 heavy (non-hydrogen) atoms. The molecule has 0 aliphatic carbocycles. The van der Waals surface area contributed by atoms with Crippen LogP contribution in [-0.4, -0.2) is 31.4 Å². The number of piperidine rings is 1. The van der Waals surface area contributed by atoms with E-state index in [0.29, 0.717) is 18.1 Å². The van der Waals surface area contributed by atoms with E-state index in [4.69, 9.17) is 17.3 Å². The van der Waals surface area contributed by atoms with Crippen LogP contribution in [0.25, 0.3) is 0 Å². The van der Waals surface area contributed by atoms with Crippen LogP contribution in [0.4, 0.5) is 11.4 Å². The third kappa shape index (κ3) is 3.70. The molecule has 4 rings (SSSR count). The average molecular weight is 403 g/mol. The van der Waals surface area contributed by atoms with Crippen LogP contribution in [0, 0.1) is 5.92 Å². The minimum atomic E-state index is -0.267. The molecule has 7 heteroatoms. The van der Waals surface area contributed by atoms with Gasteiger partial charge in [0.25, 0.3) is 5.91 Å². The number of fused-ring (bicyclic) bond motifs is 2. The van der Waals surface area contributed by atoms with Gasteiger partial charge >= 0.3 is 0 Å². The standard InChI is InChI=1S/C20H20ClN3O2S/c21-14-7-8-18-16(10-14)24(15-5-1-2-6-17(15)27-18)19(25)12-23-9-3-4-13(11-23)20(22)26/h1-2,5-8,10,13H,3-4,9,11-12H2,(H2,22,26)/p+1/t13-/m0/s1. The molecule has 0 bridgehead atoms. The number of halogens is 1. The molecular weight excluding hydrogens is 382 g/mol. The lowest BCUT2D eigenvalue weighted by atomic mass is 9.97. The summed E-state index contributed by atoms with van der Waals surface area (Å²) in [7, 11) is 0. The van der Waals surface area contributed by atoms with Gasteiger partial charge in [-0.05, 0) is 43.2 Å². The largest absolute Gasteiger partial charge is 0.369 e. The summed E-state index contributed by atoms with van der Waals surface area (Å²) in [6.07, 6.45) is 1.72. The zero-order chi connectivity index (χ0) is 19.0. The second-order valence-corrected chi connectivity index (χ2v) is 8.55. The highest BCUT2D eigenvalue weighted by Crippen LogP contribution is 2.48. The molecule has 0 saturated carbocycles. The molecule has 2 aliphatic rings. The van der Waals surface area contributed by atoms with Gasteiger partial charge in [0.1, 0.15) is 0 Å². The van der Waals surface area contributed by atoms with Gasteiger partial charge in [-0.25, -0.2) is 0 Å². The number of primary amides is 1. The molecule has 2 aromatic rings. The zero-order valence-corrected chi connectivity index (χ0v) is 16.4. The first kappa shape index (κ1) is 18.3. The van der Waals surface area contributed by atoms with E-state index in [9.17, 15) is 9.59 Å². The highest BCUT2D eigenvalue weighted by molar-refractivity contribution is 7.99. The number of likely N-dealkylation sites (tertiary alicyclic amines) is 1. The van der Waals surface area contributed by atoms with E-state index in [2.05, 4.69) is 0 Å². The fourth-order valence-corrected chi connectivity index (χ4v) is 5.05. The Bertz CT molecular complexity index is 905. The van der Waals surface area contributed by atoms with Crippen LogP contribution in [0.5, 0.6) is 0 Å². The van der Waals surface area contributed by atoms with Crippen molar-refractivity contribution in [1.29, 1.82) is 0 Å². The Balaban J connectivity index is 1.63. The zero-order valence-electron chi connectivity index (χ0n) is 14.8. The van der Waals surface area contributed by atoms with Crippen molar-refractivity contribution in [3.63, 3.8) is 0 Å². The minimum absolute atomic E-state index is 0.00591. The molecule has 2 aromatic carbocycles. The van der Waals surface area contributed by atoms with Gasteiger partial charge in [0.05, 0.1) is 30.4 Å². The van der Waals surface area contributed by atoms with Crippen molar-refractivity contribution in [2.45, 2.75) is 22.6 Å². The average Bonchev–Trinajstić information content (AvgIpc) is 2.66. The molecule has 2 amide bonds. The Morgan fingerprint density at radius 2 is 1.96 bits per heavy atom. The topological polar surface area (TPSA) is 67.8 Å². The van der Waals surface area contributed by atoms with Gasteiger partial charge in [-0.1, -0.05) is 35.5 Å². The van der Waals surface area contributed by atoms with E-state index in [-0.39, 0.29) is 17.7 Å². The molecule has 0 radical (unpaired) electrons. The van der Waals surface area contributed by atoms with Gasteiger partial charge in [0.2, 0.25) is 5.91 Å². The fraction of sp³-hybridized carbons (Fsp3) is 0.300. The fourth-order valence-electron chi connectivity index (χ4n) is 3.84. The summed E-state index contributed by atoms with van der Waals surface area (Å²) in [5, 5.41) is 0.602. The summed E-state index contributed by atoms with van der Waals surface area (Å²) in [5.74, 6) is -0.407. The van der Waals surface area contributed by atoms with Crippen LogP contribution < -0.4 is 15.5 Å². The van der Waals surface area contributed by atoms with E-state index in [1.165, 1.54) is 0 Å². The first-order chi connectivity index (χ1) is 13.0. The van der Waals surface area contributed by atoms with Crippen molar-refractivity contribution in [2.24, 2.45) is 11.7 Å². The maximum atomic E-state index is 13.3. The highest BCUT2D eigenvalue weighted by atomic mass is 35.5. The van der Waals surface area contributed by atoms with Gasteiger partial charge in [-0.3, -0.25) is 14.5 Å². The minimum Gasteiger partial charge on any atom is -0.369 e. The Morgan fingerprint density at radius 3 is 2.78 bits per heavy atom. The van der Waals surface area contributed by atoms with Gasteiger partial charge in [-0.2, -0.15) is 0 Å². The van der Waals surface area contributed by atoms with Crippen LogP contribution in [0.2, 0.25) is 5.02 Å². The Kier molecular flexibility index (Phi) is 5.12. The van der Waals surface area contributed by atoms with Crippen molar-refractivity contribution < 1.29 is 14.5 Å². The SMILES string of the molecule is NC(=O)[C@H]1CCC[NH+](CC(=O)N2c3ccccc3Sc3ccc(Cl)cc32)C1. The molecule has 1 unspecified atom stereocenters. The van der Waals surface area contributed by atoms with Crippen LogP contribution in [0.3, 0.4) is 0 Å². The van der Waals surface area contributed by atoms with Crippen LogP contribution >= 0.6 is 23.4 Å². The quantitative estimate of drug-likeness (QED) is 0.827. The first-order valence-corrected chi connectivity index (χ1v) is 10.2. The molecule has 1 fully saturated rings. The summed E-state index contributed by atoms with van der Waals surface area (Å²) in [6.45, 7) is 1.82. The van der Waals surface area contributed by atoms with Gasteiger partial charge < -0.3 is 10.6 Å². The van der Waals surface area contributed by atoms with Crippen molar-refractivity contribution in [3.8, 4) is 0 Å². The van der Waals surface area contributed by atoms with Gasteiger partial charge in [-0.15, -0.1) is 0 Å². The van der Waals surface area contributed by atoms with E-state index in [1.54, 1.807) is 16.7 Å². The van der Waals surface area contributed by atoms with E-state index in [0.717, 1.165) is 45.5 Å². The highest BCUT2D eigenvalue weighted by Gasteiger charge is 2.33. The third-order valence-corrected chi connectivity index (χ3v) is 6.52. The maximum Gasteiger partial charge on any atom is 0.286 e. The van der Waals surface area contributed by atoms with Crippen LogP contribution in [-0.2, 0) is 9.59 Å². The second-order valence-electron chi connectivity index (χ2n) is 7.03. The predicted molar refractivity (Wildman–Crippen MR) is 107 cm³/mol. The van der Waals surface area contributed by atoms with E-state index < -0.39 is 0 Å². The number of rotatable bonds is 3. The monoisotopic (exact) mass is 402 g/mol. The van der Waals surface area contributed by atoms with Crippen molar-refractivity contribution in [3.05, 3.63) is 47.5 Å².